The number of likely N-dealkylation sites (tertiary alicyclic amines) is 1. The molecule has 2 amide bonds. The van der Waals surface area contributed by atoms with E-state index in [9.17, 15) is 28.3 Å². The van der Waals surface area contributed by atoms with E-state index in [2.05, 4.69) is 20.6 Å². The number of carbonyl (C=O) groups is 2. The van der Waals surface area contributed by atoms with Crippen LogP contribution in [0.3, 0.4) is 0 Å². The van der Waals surface area contributed by atoms with Gasteiger partial charge in [-0.15, -0.1) is 0 Å². The van der Waals surface area contributed by atoms with Crippen LogP contribution in [0.2, 0.25) is 0 Å². The Bertz CT molecular complexity index is 1430. The lowest BCUT2D eigenvalue weighted by Gasteiger charge is -2.17. The van der Waals surface area contributed by atoms with Crippen LogP contribution in [-0.2, 0) is 6.54 Å². The van der Waals surface area contributed by atoms with E-state index in [0.717, 1.165) is 22.3 Å². The smallest absolute Gasteiger partial charge is 0.378 e. The van der Waals surface area contributed by atoms with Crippen LogP contribution in [0, 0.1) is 5.41 Å². The molecule has 4 N–H and O–H groups in total. The van der Waals surface area contributed by atoms with Crippen LogP contribution >= 0.6 is 0 Å². The molecule has 11 nitrogen and oxygen atoms in total. The van der Waals surface area contributed by atoms with Crippen LogP contribution in [-0.4, -0.2) is 66.7 Å². The zero-order valence-corrected chi connectivity index (χ0v) is 20.2. The summed E-state index contributed by atoms with van der Waals surface area (Å²) >= 11 is 0. The fraction of sp³-hybridized carbons (Fsp3) is 0.522. The summed E-state index contributed by atoms with van der Waals surface area (Å²) in [5, 5.41) is 23.3. The number of hydrogen-bond acceptors (Lipinski definition) is 5. The lowest BCUT2D eigenvalue weighted by molar-refractivity contribution is -0.692. The van der Waals surface area contributed by atoms with Crippen molar-refractivity contribution in [2.75, 3.05) is 13.1 Å². The number of nitrogens with zero attached hydrogens (tertiary/aromatic N) is 4. The monoisotopic (exact) mass is 504 g/mol. The van der Waals surface area contributed by atoms with Gasteiger partial charge in [-0.1, -0.05) is 25.3 Å². The van der Waals surface area contributed by atoms with Crippen molar-refractivity contribution in [3.8, 4) is 17.3 Å². The van der Waals surface area contributed by atoms with Gasteiger partial charge in [0.15, 0.2) is 0 Å². The van der Waals surface area contributed by atoms with Gasteiger partial charge >= 0.3 is 17.1 Å². The lowest BCUT2D eigenvalue weighted by Crippen LogP contribution is -2.47. The second-order valence-corrected chi connectivity index (χ2v) is 10.8. The van der Waals surface area contributed by atoms with Gasteiger partial charge in [-0.2, -0.15) is 9.67 Å². The summed E-state index contributed by atoms with van der Waals surface area (Å²) in [5.74, 6) is -4.68. The topological polar surface area (TPSA) is 139 Å². The van der Waals surface area contributed by atoms with Crippen molar-refractivity contribution in [3.63, 3.8) is 0 Å². The first-order chi connectivity index (χ1) is 16.8. The van der Waals surface area contributed by atoms with Crippen LogP contribution < -0.4 is 15.4 Å². The van der Waals surface area contributed by atoms with E-state index >= 15 is 0 Å². The van der Waals surface area contributed by atoms with Crippen LogP contribution in [0.5, 0.6) is 5.88 Å². The molecule has 2 fully saturated rings. The lowest BCUT2D eigenvalue weighted by atomic mass is 9.96. The Kier molecular flexibility index (Phi) is 5.41. The summed E-state index contributed by atoms with van der Waals surface area (Å²) in [6, 6.07) is 1.52. The summed E-state index contributed by atoms with van der Waals surface area (Å²) in [5.41, 5.74) is -0.708. The van der Waals surface area contributed by atoms with Crippen molar-refractivity contribution in [2.45, 2.75) is 58.5 Å². The first-order valence-electron chi connectivity index (χ1n) is 11.8. The predicted molar refractivity (Wildman–Crippen MR) is 123 cm³/mol. The third-order valence-corrected chi connectivity index (χ3v) is 6.28. The molecular formula is C23H28F2N7O4+. The minimum Gasteiger partial charge on any atom is -0.477 e. The largest absolute Gasteiger partial charge is 0.477 e. The van der Waals surface area contributed by atoms with Gasteiger partial charge in [-0.3, -0.25) is 14.7 Å². The standard InChI is InChI=1S/C23H27F2N7O4/c1-22(2,3)10-31-15-8-14(17-13(9-26-28-17)19(34)30-7-6-23(24,25)11-30)29-32(15)21(36)16(20(31)35)18(33)27-12-4-5-12/h8-9,12H,4-7,10-11H2,1-3H3,(H3,26,27,28,29,33,34,35,36)/p+1. The molecule has 192 valence electrons. The summed E-state index contributed by atoms with van der Waals surface area (Å²) in [6.07, 6.45) is 2.46. The van der Waals surface area contributed by atoms with Crippen molar-refractivity contribution in [2.24, 2.45) is 5.41 Å². The first kappa shape index (κ1) is 23.9. The molecule has 1 saturated heterocycles. The maximum absolute atomic E-state index is 13.7. The van der Waals surface area contributed by atoms with E-state index in [-0.39, 0.29) is 47.1 Å². The molecule has 0 radical (unpaired) electrons. The van der Waals surface area contributed by atoms with E-state index in [4.69, 9.17) is 0 Å². The highest BCUT2D eigenvalue weighted by molar-refractivity contribution is 6.00. The number of halogens is 2. The van der Waals surface area contributed by atoms with E-state index in [1.54, 1.807) is 0 Å². The van der Waals surface area contributed by atoms with Crippen molar-refractivity contribution in [1.29, 1.82) is 0 Å². The zero-order valence-electron chi connectivity index (χ0n) is 20.2. The maximum atomic E-state index is 13.7. The zero-order chi connectivity index (χ0) is 26.0. The Labute approximate surface area is 204 Å². The number of H-pyrrole nitrogens is 2. The van der Waals surface area contributed by atoms with Gasteiger partial charge in [0.2, 0.25) is 5.56 Å². The van der Waals surface area contributed by atoms with E-state index in [1.165, 1.54) is 16.8 Å². The minimum absolute atomic E-state index is 0.0243. The Balaban J connectivity index is 1.62. The number of alkyl halides is 2. The number of carbonyl (C=O) groups excluding carboxylic acids is 2. The second-order valence-electron chi connectivity index (χ2n) is 10.8. The molecule has 4 heterocycles. The van der Waals surface area contributed by atoms with Crippen molar-refractivity contribution in [3.05, 3.63) is 33.7 Å². The molecule has 36 heavy (non-hydrogen) atoms. The van der Waals surface area contributed by atoms with Gasteiger partial charge in [-0.25, -0.2) is 18.7 Å². The number of aromatic amines is 2. The molecular weight excluding hydrogens is 476 g/mol. The highest BCUT2D eigenvalue weighted by atomic mass is 19.3. The fourth-order valence-electron chi connectivity index (χ4n) is 4.38. The fourth-order valence-corrected chi connectivity index (χ4v) is 4.38. The van der Waals surface area contributed by atoms with Crippen LogP contribution in [0.4, 0.5) is 8.78 Å². The molecule has 1 aliphatic heterocycles. The van der Waals surface area contributed by atoms with Gasteiger partial charge in [0.1, 0.15) is 5.69 Å². The number of fused-ring (bicyclic) bond motifs is 1. The van der Waals surface area contributed by atoms with Gasteiger partial charge in [0.05, 0.1) is 36.6 Å². The molecule has 0 unspecified atom stereocenters. The molecule has 3 aromatic heterocycles. The number of nitrogens with one attached hydrogen (secondary N) is 3. The second kappa shape index (κ2) is 8.14. The van der Waals surface area contributed by atoms with E-state index < -0.39 is 47.7 Å². The summed E-state index contributed by atoms with van der Waals surface area (Å²) in [4.78, 5) is 40.2. The Morgan fingerprint density at radius 2 is 2.06 bits per heavy atom. The Hall–Kier alpha value is -3.77. The average molecular weight is 505 g/mol. The minimum atomic E-state index is -2.94. The Morgan fingerprint density at radius 3 is 2.67 bits per heavy atom. The molecule has 5 rings (SSSR count). The van der Waals surface area contributed by atoms with E-state index in [1.807, 2.05) is 20.8 Å². The third kappa shape index (κ3) is 4.33. The third-order valence-electron chi connectivity index (χ3n) is 6.28. The number of hydrogen-bond donors (Lipinski definition) is 4. The highest BCUT2D eigenvalue weighted by Crippen LogP contribution is 2.30. The van der Waals surface area contributed by atoms with Gasteiger partial charge in [0.25, 0.3) is 17.7 Å². The number of aromatic nitrogens is 5. The van der Waals surface area contributed by atoms with Gasteiger partial charge in [-0.05, 0) is 18.3 Å². The predicted octanol–water partition coefficient (Wildman–Crippen LogP) is 1.43. The number of rotatable bonds is 5. The molecule has 0 bridgehead atoms. The molecule has 0 spiro atoms. The van der Waals surface area contributed by atoms with Crippen molar-refractivity contribution in [1.82, 2.24) is 30.0 Å². The molecule has 2 aliphatic rings. The number of amides is 2. The molecule has 1 saturated carbocycles. The number of aromatic hydroxyl groups is 1. The maximum Gasteiger partial charge on any atom is 0.378 e. The van der Waals surface area contributed by atoms with Crippen molar-refractivity contribution < 1.29 is 28.0 Å². The van der Waals surface area contributed by atoms with Crippen LogP contribution in [0.25, 0.3) is 17.0 Å². The molecule has 0 atom stereocenters. The average Bonchev–Trinajstić information content (AvgIpc) is 3.16. The van der Waals surface area contributed by atoms with Crippen LogP contribution in [0.1, 0.15) is 60.7 Å². The molecule has 3 aromatic rings. The van der Waals surface area contributed by atoms with Gasteiger partial charge in [0, 0.05) is 19.0 Å². The molecule has 13 heteroatoms. The summed E-state index contributed by atoms with van der Waals surface area (Å²) in [7, 11) is 0. The quantitative estimate of drug-likeness (QED) is 0.389. The van der Waals surface area contributed by atoms with Gasteiger partial charge < -0.3 is 15.3 Å². The van der Waals surface area contributed by atoms with E-state index in [0.29, 0.717) is 0 Å². The SMILES string of the molecule is CC(C)(C)C[n+]1c(O)c(C(=O)NC2CC2)c(=O)n2[nH]c(-c3[nH]ncc3C(=O)N3CCC(F)(F)C3)cc21. The molecule has 0 aromatic carbocycles. The summed E-state index contributed by atoms with van der Waals surface area (Å²) < 4.78 is 30.0. The summed E-state index contributed by atoms with van der Waals surface area (Å²) in [6.45, 7) is 5.33. The first-order valence-corrected chi connectivity index (χ1v) is 11.8. The normalized spacial score (nSPS) is 17.6. The Morgan fingerprint density at radius 1 is 1.33 bits per heavy atom. The van der Waals surface area contributed by atoms with Crippen molar-refractivity contribution >= 4 is 17.5 Å². The molecule has 1 aliphatic carbocycles. The van der Waals surface area contributed by atoms with Crippen LogP contribution in [0.15, 0.2) is 17.1 Å². The highest BCUT2D eigenvalue weighted by Gasteiger charge is 2.41.